The lowest BCUT2D eigenvalue weighted by Gasteiger charge is -2.06. The molecule has 4 nitrogen and oxygen atoms in total. The SMILES string of the molecule is O=C(CCCCBr)NCc1ccc(-c2ccn[nH]2)cc1. The van der Waals surface area contributed by atoms with Crippen LogP contribution in [-0.4, -0.2) is 21.4 Å². The van der Waals surface area contributed by atoms with Gasteiger partial charge < -0.3 is 5.32 Å². The van der Waals surface area contributed by atoms with E-state index in [1.807, 2.05) is 30.3 Å². The number of nitrogens with zero attached hydrogens (tertiary/aromatic N) is 1. The summed E-state index contributed by atoms with van der Waals surface area (Å²) in [6.07, 6.45) is 4.29. The van der Waals surface area contributed by atoms with Crippen molar-refractivity contribution in [1.82, 2.24) is 15.5 Å². The second-order valence-corrected chi connectivity index (χ2v) is 5.38. The van der Waals surface area contributed by atoms with Crippen molar-refractivity contribution in [3.8, 4) is 11.3 Å². The Morgan fingerprint density at radius 2 is 2.00 bits per heavy atom. The minimum absolute atomic E-state index is 0.114. The standard InChI is InChI=1S/C15H18BrN3O/c16-9-2-1-3-15(20)17-11-12-4-6-13(7-5-12)14-8-10-18-19-14/h4-8,10H,1-3,9,11H2,(H,17,20)(H,18,19). The number of hydrogen-bond acceptors (Lipinski definition) is 2. The summed E-state index contributed by atoms with van der Waals surface area (Å²) in [4.78, 5) is 11.6. The van der Waals surface area contributed by atoms with E-state index in [2.05, 4.69) is 31.4 Å². The van der Waals surface area contributed by atoms with Gasteiger partial charge in [-0.2, -0.15) is 5.10 Å². The maximum Gasteiger partial charge on any atom is 0.220 e. The van der Waals surface area contributed by atoms with Crippen molar-refractivity contribution in [1.29, 1.82) is 0 Å². The average Bonchev–Trinajstić information content (AvgIpc) is 3.00. The second kappa shape index (κ2) is 7.85. The van der Waals surface area contributed by atoms with Crippen LogP contribution in [0.3, 0.4) is 0 Å². The molecular weight excluding hydrogens is 318 g/mol. The third-order valence-corrected chi connectivity index (χ3v) is 3.60. The number of carbonyl (C=O) groups is 1. The molecule has 0 fully saturated rings. The van der Waals surface area contributed by atoms with E-state index in [9.17, 15) is 4.79 Å². The van der Waals surface area contributed by atoms with E-state index in [1.165, 1.54) is 0 Å². The quantitative estimate of drug-likeness (QED) is 0.602. The first kappa shape index (κ1) is 14.8. The van der Waals surface area contributed by atoms with E-state index in [1.54, 1.807) is 6.20 Å². The number of alkyl halides is 1. The summed E-state index contributed by atoms with van der Waals surface area (Å²) in [5.41, 5.74) is 3.19. The summed E-state index contributed by atoms with van der Waals surface area (Å²) in [6.45, 7) is 0.580. The highest BCUT2D eigenvalue weighted by Crippen LogP contribution is 2.16. The number of benzene rings is 1. The number of hydrogen-bond donors (Lipinski definition) is 2. The predicted octanol–water partition coefficient (Wildman–Crippen LogP) is 3.26. The van der Waals surface area contributed by atoms with Gasteiger partial charge in [-0.15, -0.1) is 0 Å². The van der Waals surface area contributed by atoms with Gasteiger partial charge in [0.1, 0.15) is 0 Å². The van der Waals surface area contributed by atoms with Gasteiger partial charge in [0.15, 0.2) is 0 Å². The minimum atomic E-state index is 0.114. The van der Waals surface area contributed by atoms with Crippen molar-refractivity contribution >= 4 is 21.8 Å². The molecule has 0 aliphatic heterocycles. The van der Waals surface area contributed by atoms with Crippen LogP contribution in [0.15, 0.2) is 36.5 Å². The number of unbranched alkanes of at least 4 members (excludes halogenated alkanes) is 1. The highest BCUT2D eigenvalue weighted by molar-refractivity contribution is 9.09. The van der Waals surface area contributed by atoms with E-state index in [0.717, 1.165) is 35.0 Å². The van der Waals surface area contributed by atoms with Crippen LogP contribution in [0.5, 0.6) is 0 Å². The zero-order valence-electron chi connectivity index (χ0n) is 11.2. The lowest BCUT2D eigenvalue weighted by atomic mass is 10.1. The van der Waals surface area contributed by atoms with E-state index in [4.69, 9.17) is 0 Å². The monoisotopic (exact) mass is 335 g/mol. The van der Waals surface area contributed by atoms with E-state index < -0.39 is 0 Å². The molecular formula is C15H18BrN3O. The van der Waals surface area contributed by atoms with Gasteiger partial charge in [0.2, 0.25) is 5.91 Å². The molecule has 0 saturated carbocycles. The first-order valence-corrected chi connectivity index (χ1v) is 7.83. The number of amides is 1. The molecule has 0 aliphatic rings. The van der Waals surface area contributed by atoms with E-state index in [-0.39, 0.29) is 5.91 Å². The molecule has 0 unspecified atom stereocenters. The molecule has 20 heavy (non-hydrogen) atoms. The molecule has 2 N–H and O–H groups in total. The molecule has 1 aromatic carbocycles. The van der Waals surface area contributed by atoms with Gasteiger partial charge in [-0.3, -0.25) is 9.89 Å². The molecule has 1 amide bonds. The Morgan fingerprint density at radius 3 is 2.65 bits per heavy atom. The van der Waals surface area contributed by atoms with Crippen LogP contribution in [0.4, 0.5) is 0 Å². The van der Waals surface area contributed by atoms with Gasteiger partial charge in [-0.1, -0.05) is 40.2 Å². The summed E-state index contributed by atoms with van der Waals surface area (Å²) in [7, 11) is 0. The van der Waals surface area contributed by atoms with Gasteiger partial charge >= 0.3 is 0 Å². The lowest BCUT2D eigenvalue weighted by Crippen LogP contribution is -2.22. The van der Waals surface area contributed by atoms with Crippen molar-refractivity contribution in [3.63, 3.8) is 0 Å². The van der Waals surface area contributed by atoms with Gasteiger partial charge in [0.25, 0.3) is 0 Å². The number of halogens is 1. The Hall–Kier alpha value is -1.62. The number of H-pyrrole nitrogens is 1. The van der Waals surface area contributed by atoms with Crippen LogP contribution in [0, 0.1) is 0 Å². The van der Waals surface area contributed by atoms with Gasteiger partial charge in [-0.25, -0.2) is 0 Å². The van der Waals surface area contributed by atoms with Gasteiger partial charge in [-0.05, 0) is 30.0 Å². The van der Waals surface area contributed by atoms with Crippen molar-refractivity contribution < 1.29 is 4.79 Å². The Labute approximate surface area is 127 Å². The van der Waals surface area contributed by atoms with Gasteiger partial charge in [0.05, 0.1) is 5.69 Å². The fraction of sp³-hybridized carbons (Fsp3) is 0.333. The molecule has 2 aromatic rings. The highest BCUT2D eigenvalue weighted by Gasteiger charge is 2.02. The maximum absolute atomic E-state index is 11.6. The maximum atomic E-state index is 11.6. The molecule has 0 bridgehead atoms. The molecule has 1 heterocycles. The summed E-state index contributed by atoms with van der Waals surface area (Å²) < 4.78 is 0. The zero-order chi connectivity index (χ0) is 14.2. The number of aromatic amines is 1. The lowest BCUT2D eigenvalue weighted by molar-refractivity contribution is -0.121. The normalized spacial score (nSPS) is 10.4. The third kappa shape index (κ3) is 4.49. The predicted molar refractivity (Wildman–Crippen MR) is 83.5 cm³/mol. The smallest absolute Gasteiger partial charge is 0.220 e. The minimum Gasteiger partial charge on any atom is -0.352 e. The average molecular weight is 336 g/mol. The van der Waals surface area contributed by atoms with Gasteiger partial charge in [0, 0.05) is 24.5 Å². The van der Waals surface area contributed by atoms with Crippen LogP contribution in [0.2, 0.25) is 0 Å². The van der Waals surface area contributed by atoms with Crippen LogP contribution in [0.25, 0.3) is 11.3 Å². The van der Waals surface area contributed by atoms with Crippen LogP contribution < -0.4 is 5.32 Å². The first-order chi connectivity index (χ1) is 9.79. The van der Waals surface area contributed by atoms with Crippen molar-refractivity contribution in [2.24, 2.45) is 0 Å². The number of rotatable bonds is 7. The van der Waals surface area contributed by atoms with Crippen LogP contribution >= 0.6 is 15.9 Å². The molecule has 0 atom stereocenters. The fourth-order valence-corrected chi connectivity index (χ4v) is 2.28. The van der Waals surface area contributed by atoms with E-state index >= 15 is 0 Å². The summed E-state index contributed by atoms with van der Waals surface area (Å²) in [6, 6.07) is 10.0. The molecule has 1 aromatic heterocycles. The van der Waals surface area contributed by atoms with Crippen molar-refractivity contribution in [2.75, 3.05) is 5.33 Å². The number of aromatic nitrogens is 2. The molecule has 2 rings (SSSR count). The number of carbonyl (C=O) groups excluding carboxylic acids is 1. The molecule has 0 radical (unpaired) electrons. The fourth-order valence-electron chi connectivity index (χ4n) is 1.89. The topological polar surface area (TPSA) is 57.8 Å². The molecule has 0 aliphatic carbocycles. The van der Waals surface area contributed by atoms with Crippen molar-refractivity contribution in [3.05, 3.63) is 42.1 Å². The summed E-state index contributed by atoms with van der Waals surface area (Å²) in [5, 5.41) is 10.8. The third-order valence-electron chi connectivity index (χ3n) is 3.04. The summed E-state index contributed by atoms with van der Waals surface area (Å²) in [5.74, 6) is 0.114. The van der Waals surface area contributed by atoms with Crippen LogP contribution in [-0.2, 0) is 11.3 Å². The first-order valence-electron chi connectivity index (χ1n) is 6.71. The Bertz CT molecular complexity index is 523. The zero-order valence-corrected chi connectivity index (χ0v) is 12.8. The largest absolute Gasteiger partial charge is 0.352 e. The molecule has 0 saturated heterocycles. The Balaban J connectivity index is 1.81. The number of nitrogens with one attached hydrogen (secondary N) is 2. The Kier molecular flexibility index (Phi) is 5.80. The van der Waals surface area contributed by atoms with Crippen LogP contribution in [0.1, 0.15) is 24.8 Å². The Morgan fingerprint density at radius 1 is 1.20 bits per heavy atom. The molecule has 5 heteroatoms. The second-order valence-electron chi connectivity index (χ2n) is 4.59. The van der Waals surface area contributed by atoms with Crippen molar-refractivity contribution in [2.45, 2.75) is 25.8 Å². The molecule has 0 spiro atoms. The summed E-state index contributed by atoms with van der Waals surface area (Å²) >= 11 is 3.36. The molecule has 106 valence electrons. The highest BCUT2D eigenvalue weighted by atomic mass is 79.9. The van der Waals surface area contributed by atoms with E-state index in [0.29, 0.717) is 13.0 Å².